The van der Waals surface area contributed by atoms with Crippen LogP contribution in [0.15, 0.2) is 52.3 Å². The molecule has 0 fully saturated rings. The van der Waals surface area contributed by atoms with E-state index in [-0.39, 0.29) is 12.5 Å². The van der Waals surface area contributed by atoms with Gasteiger partial charge in [-0.2, -0.15) is 0 Å². The lowest BCUT2D eigenvalue weighted by Crippen LogP contribution is -2.18. The molecule has 0 radical (unpaired) electrons. The van der Waals surface area contributed by atoms with E-state index in [1.165, 1.54) is 16.0 Å². The number of anilines is 1. The molecule has 0 saturated heterocycles. The van der Waals surface area contributed by atoms with Crippen LogP contribution in [0.1, 0.15) is 18.1 Å². The SMILES string of the molecule is CCOCC(=O)Nc1ccc(Sc2ccc(C)c(C)c2)cc1. The van der Waals surface area contributed by atoms with E-state index >= 15 is 0 Å². The van der Waals surface area contributed by atoms with Crippen LogP contribution in [-0.4, -0.2) is 19.1 Å². The fourth-order valence-corrected chi connectivity index (χ4v) is 2.83. The topological polar surface area (TPSA) is 38.3 Å². The highest BCUT2D eigenvalue weighted by Crippen LogP contribution is 2.29. The second kappa shape index (κ2) is 8.01. The van der Waals surface area contributed by atoms with Gasteiger partial charge in [0, 0.05) is 22.1 Å². The molecule has 116 valence electrons. The predicted molar refractivity (Wildman–Crippen MR) is 91.6 cm³/mol. The Morgan fingerprint density at radius 1 is 1.05 bits per heavy atom. The normalized spacial score (nSPS) is 10.5. The second-order valence-electron chi connectivity index (χ2n) is 5.06. The number of ether oxygens (including phenoxy) is 1. The molecule has 0 aliphatic carbocycles. The van der Waals surface area contributed by atoms with Crippen LogP contribution in [-0.2, 0) is 9.53 Å². The van der Waals surface area contributed by atoms with Gasteiger partial charge in [-0.15, -0.1) is 0 Å². The minimum absolute atomic E-state index is 0.0929. The number of benzene rings is 2. The molecule has 0 heterocycles. The molecule has 1 amide bonds. The molecule has 1 N–H and O–H groups in total. The van der Waals surface area contributed by atoms with E-state index < -0.39 is 0 Å². The summed E-state index contributed by atoms with van der Waals surface area (Å²) in [6.45, 7) is 6.74. The van der Waals surface area contributed by atoms with Crippen molar-refractivity contribution in [2.24, 2.45) is 0 Å². The Bertz CT molecular complexity index is 638. The highest BCUT2D eigenvalue weighted by molar-refractivity contribution is 7.99. The Kier molecular flexibility index (Phi) is 6.04. The molecule has 22 heavy (non-hydrogen) atoms. The lowest BCUT2D eigenvalue weighted by Gasteiger charge is -2.08. The summed E-state index contributed by atoms with van der Waals surface area (Å²) < 4.78 is 5.07. The van der Waals surface area contributed by atoms with Gasteiger partial charge < -0.3 is 10.1 Å². The molecule has 0 aliphatic heterocycles. The zero-order valence-corrected chi connectivity index (χ0v) is 14.0. The van der Waals surface area contributed by atoms with Crippen LogP contribution in [0.25, 0.3) is 0 Å². The minimum Gasteiger partial charge on any atom is -0.372 e. The van der Waals surface area contributed by atoms with E-state index in [9.17, 15) is 4.79 Å². The van der Waals surface area contributed by atoms with Crippen molar-refractivity contribution in [1.29, 1.82) is 0 Å². The fraction of sp³-hybridized carbons (Fsp3) is 0.278. The third-order valence-electron chi connectivity index (χ3n) is 3.29. The number of carbonyl (C=O) groups excluding carboxylic acids is 1. The number of amides is 1. The summed E-state index contributed by atoms with van der Waals surface area (Å²) in [7, 11) is 0. The van der Waals surface area contributed by atoms with Gasteiger partial charge in [0.05, 0.1) is 0 Å². The van der Waals surface area contributed by atoms with Crippen molar-refractivity contribution in [2.75, 3.05) is 18.5 Å². The molecular weight excluding hydrogens is 294 g/mol. The summed E-state index contributed by atoms with van der Waals surface area (Å²) in [6.07, 6.45) is 0. The van der Waals surface area contributed by atoms with Crippen molar-refractivity contribution in [3.63, 3.8) is 0 Å². The first-order valence-electron chi connectivity index (χ1n) is 7.31. The molecule has 0 aromatic heterocycles. The van der Waals surface area contributed by atoms with Gasteiger partial charge in [0.1, 0.15) is 6.61 Å². The Hall–Kier alpha value is -1.78. The van der Waals surface area contributed by atoms with Gasteiger partial charge in [-0.05, 0) is 68.3 Å². The van der Waals surface area contributed by atoms with Crippen molar-refractivity contribution < 1.29 is 9.53 Å². The largest absolute Gasteiger partial charge is 0.372 e. The maximum Gasteiger partial charge on any atom is 0.250 e. The van der Waals surface area contributed by atoms with Crippen LogP contribution in [0.4, 0.5) is 5.69 Å². The van der Waals surface area contributed by atoms with Crippen molar-refractivity contribution in [2.45, 2.75) is 30.6 Å². The summed E-state index contributed by atoms with van der Waals surface area (Å²) >= 11 is 1.71. The summed E-state index contributed by atoms with van der Waals surface area (Å²) in [5, 5.41) is 2.81. The molecule has 2 aromatic rings. The van der Waals surface area contributed by atoms with Crippen LogP contribution in [0.3, 0.4) is 0 Å². The molecule has 0 bridgehead atoms. The monoisotopic (exact) mass is 315 g/mol. The fourth-order valence-electron chi connectivity index (χ4n) is 1.91. The highest BCUT2D eigenvalue weighted by Gasteiger charge is 2.03. The van der Waals surface area contributed by atoms with Crippen LogP contribution in [0.2, 0.25) is 0 Å². The van der Waals surface area contributed by atoms with Gasteiger partial charge in [-0.3, -0.25) is 4.79 Å². The van der Waals surface area contributed by atoms with Crippen LogP contribution in [0.5, 0.6) is 0 Å². The Balaban J connectivity index is 1.96. The minimum atomic E-state index is -0.128. The lowest BCUT2D eigenvalue weighted by molar-refractivity contribution is -0.120. The molecule has 3 nitrogen and oxygen atoms in total. The van der Waals surface area contributed by atoms with E-state index in [4.69, 9.17) is 4.74 Å². The zero-order valence-electron chi connectivity index (χ0n) is 13.2. The summed E-state index contributed by atoms with van der Waals surface area (Å²) in [4.78, 5) is 13.9. The molecule has 4 heteroatoms. The van der Waals surface area contributed by atoms with Crippen molar-refractivity contribution in [3.05, 3.63) is 53.6 Å². The first kappa shape index (κ1) is 16.6. The molecular formula is C18H21NO2S. The summed E-state index contributed by atoms with van der Waals surface area (Å²) in [6, 6.07) is 14.3. The number of rotatable bonds is 6. The third-order valence-corrected chi connectivity index (χ3v) is 4.29. The number of nitrogens with one attached hydrogen (secondary N) is 1. The Morgan fingerprint density at radius 2 is 1.73 bits per heavy atom. The molecule has 0 saturated carbocycles. The van der Waals surface area contributed by atoms with E-state index in [1.807, 2.05) is 31.2 Å². The van der Waals surface area contributed by atoms with E-state index in [0.717, 1.165) is 10.6 Å². The maximum absolute atomic E-state index is 11.6. The van der Waals surface area contributed by atoms with Crippen molar-refractivity contribution in [1.82, 2.24) is 0 Å². The third kappa shape index (κ3) is 4.90. The van der Waals surface area contributed by atoms with E-state index in [0.29, 0.717) is 6.61 Å². The molecule has 2 rings (SSSR count). The molecule has 0 aliphatic rings. The molecule has 0 spiro atoms. The quantitative estimate of drug-likeness (QED) is 0.857. The molecule has 2 aromatic carbocycles. The number of hydrogen-bond donors (Lipinski definition) is 1. The van der Waals surface area contributed by atoms with Crippen LogP contribution >= 0.6 is 11.8 Å². The highest BCUT2D eigenvalue weighted by atomic mass is 32.2. The maximum atomic E-state index is 11.6. The number of aryl methyl sites for hydroxylation is 2. The van der Waals surface area contributed by atoms with Gasteiger partial charge in [0.15, 0.2) is 0 Å². The predicted octanol–water partition coefficient (Wildman–Crippen LogP) is 4.43. The van der Waals surface area contributed by atoms with E-state index in [2.05, 4.69) is 37.4 Å². The zero-order chi connectivity index (χ0) is 15.9. The van der Waals surface area contributed by atoms with Crippen LogP contribution < -0.4 is 5.32 Å². The van der Waals surface area contributed by atoms with Gasteiger partial charge in [0.25, 0.3) is 0 Å². The van der Waals surface area contributed by atoms with Gasteiger partial charge in [0.2, 0.25) is 5.91 Å². The standard InChI is InChI=1S/C18H21NO2S/c1-4-21-12-18(20)19-15-6-9-16(10-7-15)22-17-8-5-13(2)14(3)11-17/h5-11H,4,12H2,1-3H3,(H,19,20). The van der Waals surface area contributed by atoms with Crippen molar-refractivity contribution in [3.8, 4) is 0 Å². The lowest BCUT2D eigenvalue weighted by atomic mass is 10.1. The molecule has 0 unspecified atom stereocenters. The summed E-state index contributed by atoms with van der Waals surface area (Å²) in [5.74, 6) is -0.128. The first-order chi connectivity index (χ1) is 10.6. The van der Waals surface area contributed by atoms with Gasteiger partial charge in [-0.1, -0.05) is 17.8 Å². The Labute approximate surface area is 136 Å². The first-order valence-corrected chi connectivity index (χ1v) is 8.13. The van der Waals surface area contributed by atoms with E-state index in [1.54, 1.807) is 11.8 Å². The van der Waals surface area contributed by atoms with Gasteiger partial charge >= 0.3 is 0 Å². The smallest absolute Gasteiger partial charge is 0.250 e. The second-order valence-corrected chi connectivity index (χ2v) is 6.20. The summed E-state index contributed by atoms with van der Waals surface area (Å²) in [5.41, 5.74) is 3.38. The van der Waals surface area contributed by atoms with Crippen molar-refractivity contribution >= 4 is 23.4 Å². The average molecular weight is 315 g/mol. The number of hydrogen-bond acceptors (Lipinski definition) is 3. The molecule has 0 atom stereocenters. The number of carbonyl (C=O) groups is 1. The van der Waals surface area contributed by atoms with Crippen LogP contribution in [0, 0.1) is 13.8 Å². The average Bonchev–Trinajstić information content (AvgIpc) is 2.51. The van der Waals surface area contributed by atoms with Gasteiger partial charge in [-0.25, -0.2) is 0 Å². The Morgan fingerprint density at radius 3 is 2.36 bits per heavy atom.